The number of carbonyl (C=O) groups excluding carboxylic acids is 1. The van der Waals surface area contributed by atoms with Gasteiger partial charge in [-0.25, -0.2) is 4.68 Å². The van der Waals surface area contributed by atoms with Gasteiger partial charge in [-0.15, -0.1) is 5.10 Å². The van der Waals surface area contributed by atoms with E-state index in [0.29, 0.717) is 5.16 Å². The van der Waals surface area contributed by atoms with E-state index in [2.05, 4.69) is 15.5 Å². The zero-order chi connectivity index (χ0) is 16.4. The number of hydrogen-bond donors (Lipinski definition) is 0. The van der Waals surface area contributed by atoms with Crippen molar-refractivity contribution in [1.29, 1.82) is 0 Å². The van der Waals surface area contributed by atoms with E-state index in [1.54, 1.807) is 4.68 Å². The molecule has 0 aliphatic rings. The molecule has 0 spiro atoms. The second-order valence-corrected chi connectivity index (χ2v) is 8.05. The summed E-state index contributed by atoms with van der Waals surface area (Å²) in [7, 11) is 0. The lowest BCUT2D eigenvalue weighted by Gasteiger charge is -2.33. The summed E-state index contributed by atoms with van der Waals surface area (Å²) >= 11 is 1.41. The SMILES string of the molecule is CC(Sc1nnnn1C(C)(C)C)C(=O)N(C(C)C)C(C)C. The van der Waals surface area contributed by atoms with Gasteiger partial charge in [-0.1, -0.05) is 11.8 Å². The number of hydrogen-bond acceptors (Lipinski definition) is 5. The molecule has 1 amide bonds. The Hall–Kier alpha value is -1.11. The van der Waals surface area contributed by atoms with Crippen molar-refractivity contribution in [3.8, 4) is 0 Å². The molecule has 1 atom stereocenters. The lowest BCUT2D eigenvalue weighted by atomic mass is 10.1. The summed E-state index contributed by atoms with van der Waals surface area (Å²) in [6.07, 6.45) is 0. The number of nitrogens with zero attached hydrogens (tertiary/aromatic N) is 5. The average molecular weight is 313 g/mol. The minimum absolute atomic E-state index is 0.119. The number of carbonyl (C=O) groups is 1. The molecule has 0 bridgehead atoms. The van der Waals surface area contributed by atoms with Crippen LogP contribution < -0.4 is 0 Å². The molecule has 0 aliphatic heterocycles. The first-order valence-electron chi connectivity index (χ1n) is 7.33. The first kappa shape index (κ1) is 17.9. The summed E-state index contributed by atoms with van der Waals surface area (Å²) in [4.78, 5) is 14.5. The summed E-state index contributed by atoms with van der Waals surface area (Å²) in [5, 5.41) is 12.3. The molecule has 0 radical (unpaired) electrons. The molecular formula is C14H27N5OS. The van der Waals surface area contributed by atoms with Crippen molar-refractivity contribution in [2.24, 2.45) is 0 Å². The molecule has 6 nitrogen and oxygen atoms in total. The summed E-state index contributed by atoms with van der Waals surface area (Å²) in [6.45, 7) is 16.2. The van der Waals surface area contributed by atoms with E-state index in [4.69, 9.17) is 0 Å². The van der Waals surface area contributed by atoms with E-state index in [0.717, 1.165) is 0 Å². The van der Waals surface area contributed by atoms with Crippen LogP contribution in [0.1, 0.15) is 55.4 Å². The fraction of sp³-hybridized carbons (Fsp3) is 0.857. The lowest BCUT2D eigenvalue weighted by Crippen LogP contribution is -2.45. The molecule has 120 valence electrons. The highest BCUT2D eigenvalue weighted by Gasteiger charge is 2.28. The molecule has 1 aromatic rings. The van der Waals surface area contributed by atoms with E-state index in [9.17, 15) is 4.79 Å². The van der Waals surface area contributed by atoms with Crippen molar-refractivity contribution in [1.82, 2.24) is 25.1 Å². The van der Waals surface area contributed by atoms with Crippen LogP contribution in [0.25, 0.3) is 0 Å². The number of tetrazole rings is 1. The van der Waals surface area contributed by atoms with Crippen LogP contribution in [-0.4, -0.2) is 48.3 Å². The van der Waals surface area contributed by atoms with E-state index >= 15 is 0 Å². The van der Waals surface area contributed by atoms with Crippen LogP contribution in [0.15, 0.2) is 5.16 Å². The Labute approximate surface area is 131 Å². The molecular weight excluding hydrogens is 286 g/mol. The Morgan fingerprint density at radius 1 is 1.14 bits per heavy atom. The van der Waals surface area contributed by atoms with Crippen molar-refractivity contribution in [2.45, 2.75) is 83.4 Å². The zero-order valence-corrected chi connectivity index (χ0v) is 15.1. The Bertz CT molecular complexity index is 470. The highest BCUT2D eigenvalue weighted by molar-refractivity contribution is 8.00. The van der Waals surface area contributed by atoms with Gasteiger partial charge in [-0.2, -0.15) is 0 Å². The van der Waals surface area contributed by atoms with Crippen LogP contribution in [0.4, 0.5) is 0 Å². The van der Waals surface area contributed by atoms with Gasteiger partial charge < -0.3 is 4.90 Å². The van der Waals surface area contributed by atoms with E-state index in [1.165, 1.54) is 11.8 Å². The Morgan fingerprint density at radius 2 is 1.67 bits per heavy atom. The van der Waals surface area contributed by atoms with E-state index < -0.39 is 0 Å². The molecule has 0 aliphatic carbocycles. The van der Waals surface area contributed by atoms with Gasteiger partial charge in [0.2, 0.25) is 11.1 Å². The van der Waals surface area contributed by atoms with Crippen LogP contribution in [0, 0.1) is 0 Å². The third-order valence-corrected chi connectivity index (χ3v) is 4.09. The zero-order valence-electron chi connectivity index (χ0n) is 14.3. The molecule has 1 aromatic heterocycles. The summed E-state index contributed by atoms with van der Waals surface area (Å²) in [6, 6.07) is 0.360. The number of amides is 1. The monoisotopic (exact) mass is 313 g/mol. The third-order valence-electron chi connectivity index (χ3n) is 3.07. The topological polar surface area (TPSA) is 63.9 Å². The molecule has 1 unspecified atom stereocenters. The highest BCUT2D eigenvalue weighted by atomic mass is 32.2. The predicted molar refractivity (Wildman–Crippen MR) is 85.3 cm³/mol. The van der Waals surface area contributed by atoms with Crippen LogP contribution >= 0.6 is 11.8 Å². The first-order valence-corrected chi connectivity index (χ1v) is 8.21. The molecule has 21 heavy (non-hydrogen) atoms. The molecule has 0 saturated carbocycles. The average Bonchev–Trinajstić information content (AvgIpc) is 2.75. The van der Waals surface area contributed by atoms with Crippen LogP contribution in [0.5, 0.6) is 0 Å². The van der Waals surface area contributed by atoms with Gasteiger partial charge in [0.15, 0.2) is 0 Å². The number of aromatic nitrogens is 4. The first-order chi connectivity index (χ1) is 9.55. The highest BCUT2D eigenvalue weighted by Crippen LogP contribution is 2.26. The summed E-state index contributed by atoms with van der Waals surface area (Å²) < 4.78 is 1.76. The van der Waals surface area contributed by atoms with Crippen molar-refractivity contribution >= 4 is 17.7 Å². The smallest absolute Gasteiger partial charge is 0.236 e. The van der Waals surface area contributed by atoms with Crippen molar-refractivity contribution in [2.75, 3.05) is 0 Å². The number of rotatable bonds is 5. The van der Waals surface area contributed by atoms with Gasteiger partial charge >= 0.3 is 0 Å². The van der Waals surface area contributed by atoms with Gasteiger partial charge in [0.25, 0.3) is 0 Å². The summed E-state index contributed by atoms with van der Waals surface area (Å²) in [5.41, 5.74) is -0.204. The molecule has 1 heterocycles. The van der Waals surface area contributed by atoms with Gasteiger partial charge in [0.1, 0.15) is 0 Å². The van der Waals surface area contributed by atoms with Crippen LogP contribution in [-0.2, 0) is 10.3 Å². The minimum atomic E-state index is -0.220. The maximum Gasteiger partial charge on any atom is 0.236 e. The summed E-state index contributed by atoms with van der Waals surface area (Å²) in [5.74, 6) is 0.119. The third kappa shape index (κ3) is 4.43. The van der Waals surface area contributed by atoms with Gasteiger partial charge in [0, 0.05) is 12.1 Å². The second-order valence-electron chi connectivity index (χ2n) is 6.74. The van der Waals surface area contributed by atoms with Crippen LogP contribution in [0.3, 0.4) is 0 Å². The lowest BCUT2D eigenvalue weighted by molar-refractivity contribution is -0.133. The Morgan fingerprint density at radius 3 is 2.10 bits per heavy atom. The molecule has 0 saturated heterocycles. The maximum atomic E-state index is 12.6. The second kappa shape index (κ2) is 6.77. The molecule has 1 rings (SSSR count). The van der Waals surface area contributed by atoms with E-state index in [1.807, 2.05) is 60.3 Å². The standard InChI is InChI=1S/C14H27N5OS/c1-9(2)18(10(3)4)12(20)11(5)21-13-15-16-17-19(13)14(6,7)8/h9-11H,1-8H3. The van der Waals surface area contributed by atoms with Crippen molar-refractivity contribution in [3.63, 3.8) is 0 Å². The van der Waals surface area contributed by atoms with Crippen molar-refractivity contribution in [3.05, 3.63) is 0 Å². The maximum absolute atomic E-state index is 12.6. The van der Waals surface area contributed by atoms with Gasteiger partial charge in [0.05, 0.1) is 10.8 Å². The quantitative estimate of drug-likeness (QED) is 0.782. The molecule has 7 heteroatoms. The fourth-order valence-corrected chi connectivity index (χ4v) is 3.23. The Kier molecular flexibility index (Phi) is 5.78. The minimum Gasteiger partial charge on any atom is -0.337 e. The normalized spacial score (nSPS) is 13.8. The molecule has 0 aromatic carbocycles. The van der Waals surface area contributed by atoms with Gasteiger partial charge in [-0.05, 0) is 65.8 Å². The van der Waals surface area contributed by atoms with Gasteiger partial charge in [-0.3, -0.25) is 4.79 Å². The Balaban J connectivity index is 2.89. The molecule has 0 fully saturated rings. The largest absolute Gasteiger partial charge is 0.337 e. The van der Waals surface area contributed by atoms with Crippen LogP contribution in [0.2, 0.25) is 0 Å². The van der Waals surface area contributed by atoms with Crippen molar-refractivity contribution < 1.29 is 4.79 Å². The predicted octanol–water partition coefficient (Wildman–Crippen LogP) is 2.55. The fourth-order valence-electron chi connectivity index (χ4n) is 2.20. The molecule has 0 N–H and O–H groups in total. The van der Waals surface area contributed by atoms with E-state index in [-0.39, 0.29) is 28.8 Å². The number of thioether (sulfide) groups is 1.